The second-order valence-corrected chi connectivity index (χ2v) is 3.48. The van der Waals surface area contributed by atoms with Crippen LogP contribution >= 0.6 is 0 Å². The van der Waals surface area contributed by atoms with Gasteiger partial charge in [-0.1, -0.05) is 0 Å². The van der Waals surface area contributed by atoms with Crippen molar-refractivity contribution in [3.8, 4) is 0 Å². The van der Waals surface area contributed by atoms with Crippen molar-refractivity contribution >= 4 is 0 Å². The zero-order valence-electron chi connectivity index (χ0n) is 8.36. The zero-order valence-corrected chi connectivity index (χ0v) is 8.36. The quantitative estimate of drug-likeness (QED) is 0.761. The minimum atomic E-state index is -0.601. The Kier molecular flexibility index (Phi) is 2.81. The molecule has 0 bridgehead atoms. The third-order valence-corrected chi connectivity index (χ3v) is 2.15. The molecule has 1 aromatic carbocycles. The lowest BCUT2D eigenvalue weighted by atomic mass is 10.2. The number of hydrogen-bond donors (Lipinski definition) is 0. The van der Waals surface area contributed by atoms with Crippen molar-refractivity contribution in [2.45, 2.75) is 6.54 Å². The van der Waals surface area contributed by atoms with Crippen LogP contribution in [0.3, 0.4) is 0 Å². The van der Waals surface area contributed by atoms with Gasteiger partial charge in [-0.25, -0.2) is 8.78 Å². The molecule has 0 saturated carbocycles. The van der Waals surface area contributed by atoms with E-state index in [2.05, 4.69) is 0 Å². The summed E-state index contributed by atoms with van der Waals surface area (Å²) in [7, 11) is 0. The Balaban J connectivity index is 2.26. The molecule has 1 aromatic heterocycles. The maximum atomic E-state index is 12.9. The van der Waals surface area contributed by atoms with Crippen molar-refractivity contribution in [1.29, 1.82) is 0 Å². The molecule has 0 aliphatic heterocycles. The molecule has 0 amide bonds. The summed E-state index contributed by atoms with van der Waals surface area (Å²) in [5, 5.41) is 0. The molecular formula is C12H9F2NO. The van der Waals surface area contributed by atoms with Gasteiger partial charge in [0, 0.05) is 37.1 Å². The van der Waals surface area contributed by atoms with Crippen molar-refractivity contribution in [1.82, 2.24) is 4.57 Å². The lowest BCUT2D eigenvalue weighted by Gasteiger charge is -2.06. The predicted octanol–water partition coefficient (Wildman–Crippen LogP) is 2.17. The van der Waals surface area contributed by atoms with Crippen molar-refractivity contribution < 1.29 is 8.78 Å². The topological polar surface area (TPSA) is 22.0 Å². The minimum Gasteiger partial charge on any atom is -0.350 e. The van der Waals surface area contributed by atoms with E-state index in [1.807, 2.05) is 0 Å². The van der Waals surface area contributed by atoms with Gasteiger partial charge in [0.1, 0.15) is 11.6 Å². The van der Waals surface area contributed by atoms with Crippen LogP contribution in [0, 0.1) is 11.6 Å². The maximum absolute atomic E-state index is 12.9. The number of benzene rings is 1. The fourth-order valence-electron chi connectivity index (χ4n) is 1.46. The summed E-state index contributed by atoms with van der Waals surface area (Å²) in [5.74, 6) is -1.20. The van der Waals surface area contributed by atoms with Crippen molar-refractivity contribution in [3.05, 3.63) is 70.1 Å². The Bertz CT molecular complexity index is 522. The highest BCUT2D eigenvalue weighted by atomic mass is 19.1. The number of nitrogens with zero attached hydrogens (tertiary/aromatic N) is 1. The van der Waals surface area contributed by atoms with Gasteiger partial charge in [0.15, 0.2) is 5.43 Å². The molecule has 0 unspecified atom stereocenters. The minimum absolute atomic E-state index is 0.0957. The van der Waals surface area contributed by atoms with Gasteiger partial charge in [0.05, 0.1) is 0 Å². The van der Waals surface area contributed by atoms with Gasteiger partial charge in [-0.2, -0.15) is 0 Å². The molecule has 4 heteroatoms. The zero-order chi connectivity index (χ0) is 11.5. The molecule has 0 aliphatic rings. The molecule has 0 radical (unpaired) electrons. The van der Waals surface area contributed by atoms with Crippen LogP contribution in [0.4, 0.5) is 8.78 Å². The van der Waals surface area contributed by atoms with Gasteiger partial charge in [-0.05, 0) is 17.7 Å². The average Bonchev–Trinajstić information content (AvgIpc) is 2.20. The number of hydrogen-bond acceptors (Lipinski definition) is 1. The third kappa shape index (κ3) is 2.53. The highest BCUT2D eigenvalue weighted by Gasteiger charge is 2.00. The third-order valence-electron chi connectivity index (χ3n) is 2.15. The maximum Gasteiger partial charge on any atom is 0.181 e. The number of pyridine rings is 1. The molecule has 2 aromatic rings. The molecule has 0 saturated heterocycles. The normalized spacial score (nSPS) is 10.4. The first-order valence-electron chi connectivity index (χ1n) is 4.74. The van der Waals surface area contributed by atoms with E-state index in [0.29, 0.717) is 12.1 Å². The van der Waals surface area contributed by atoms with Crippen LogP contribution in [0.5, 0.6) is 0 Å². The second-order valence-electron chi connectivity index (χ2n) is 3.48. The summed E-state index contributed by atoms with van der Waals surface area (Å²) >= 11 is 0. The average molecular weight is 221 g/mol. The summed E-state index contributed by atoms with van der Waals surface area (Å²) in [6.07, 6.45) is 3.15. The Morgan fingerprint density at radius 3 is 2.12 bits per heavy atom. The van der Waals surface area contributed by atoms with Gasteiger partial charge in [0.25, 0.3) is 0 Å². The molecule has 0 fully saturated rings. The van der Waals surface area contributed by atoms with Crippen molar-refractivity contribution in [2.75, 3.05) is 0 Å². The van der Waals surface area contributed by atoms with Gasteiger partial charge in [-0.15, -0.1) is 0 Å². The van der Waals surface area contributed by atoms with Crippen molar-refractivity contribution in [2.24, 2.45) is 0 Å². The Labute approximate surface area is 90.8 Å². The molecule has 16 heavy (non-hydrogen) atoms. The molecule has 0 spiro atoms. The largest absolute Gasteiger partial charge is 0.350 e. The Morgan fingerprint density at radius 2 is 1.56 bits per heavy atom. The van der Waals surface area contributed by atoms with Gasteiger partial charge < -0.3 is 4.57 Å². The predicted molar refractivity (Wildman–Crippen MR) is 56.2 cm³/mol. The van der Waals surface area contributed by atoms with Crippen LogP contribution in [0.1, 0.15) is 5.56 Å². The summed E-state index contributed by atoms with van der Waals surface area (Å²) < 4.78 is 27.5. The first kappa shape index (κ1) is 10.5. The van der Waals surface area contributed by atoms with E-state index in [0.717, 1.165) is 6.07 Å². The highest BCUT2D eigenvalue weighted by Crippen LogP contribution is 2.09. The van der Waals surface area contributed by atoms with E-state index >= 15 is 0 Å². The Morgan fingerprint density at radius 1 is 1.00 bits per heavy atom. The van der Waals surface area contributed by atoms with Crippen LogP contribution in [-0.2, 0) is 6.54 Å². The van der Waals surface area contributed by atoms with Crippen LogP contribution in [0.15, 0.2) is 47.5 Å². The van der Waals surface area contributed by atoms with E-state index < -0.39 is 11.6 Å². The molecule has 2 nitrogen and oxygen atoms in total. The monoisotopic (exact) mass is 221 g/mol. The van der Waals surface area contributed by atoms with E-state index in [9.17, 15) is 13.6 Å². The Hall–Kier alpha value is -1.97. The first-order valence-corrected chi connectivity index (χ1v) is 4.74. The SMILES string of the molecule is O=c1ccn(Cc2cc(F)cc(F)c2)cc1. The van der Waals surface area contributed by atoms with E-state index in [1.165, 1.54) is 24.3 Å². The lowest BCUT2D eigenvalue weighted by molar-refractivity contribution is 0.577. The molecule has 82 valence electrons. The van der Waals surface area contributed by atoms with E-state index in [1.54, 1.807) is 17.0 Å². The fourth-order valence-corrected chi connectivity index (χ4v) is 1.46. The van der Waals surface area contributed by atoms with Gasteiger partial charge >= 0.3 is 0 Å². The summed E-state index contributed by atoms with van der Waals surface area (Å²) in [6.45, 7) is 0.328. The van der Waals surface area contributed by atoms with E-state index in [-0.39, 0.29) is 5.43 Å². The summed E-state index contributed by atoms with van der Waals surface area (Å²) in [4.78, 5) is 10.8. The summed E-state index contributed by atoms with van der Waals surface area (Å²) in [6, 6.07) is 6.16. The lowest BCUT2D eigenvalue weighted by Crippen LogP contribution is -2.05. The summed E-state index contributed by atoms with van der Waals surface area (Å²) in [5.41, 5.74) is 0.419. The van der Waals surface area contributed by atoms with E-state index in [4.69, 9.17) is 0 Å². The number of halogens is 2. The van der Waals surface area contributed by atoms with Crippen LogP contribution in [0.2, 0.25) is 0 Å². The fraction of sp³-hybridized carbons (Fsp3) is 0.0833. The van der Waals surface area contributed by atoms with Crippen molar-refractivity contribution in [3.63, 3.8) is 0 Å². The van der Waals surface area contributed by atoms with Crippen LogP contribution < -0.4 is 5.43 Å². The van der Waals surface area contributed by atoms with Gasteiger partial charge in [0.2, 0.25) is 0 Å². The molecular weight excluding hydrogens is 212 g/mol. The molecule has 0 N–H and O–H groups in total. The molecule has 1 heterocycles. The standard InChI is InChI=1S/C12H9F2NO/c13-10-5-9(6-11(14)7-10)8-15-3-1-12(16)2-4-15/h1-7H,8H2. The molecule has 0 aliphatic carbocycles. The van der Waals surface area contributed by atoms with Crippen LogP contribution in [0.25, 0.3) is 0 Å². The molecule has 0 atom stereocenters. The van der Waals surface area contributed by atoms with Crippen LogP contribution in [-0.4, -0.2) is 4.57 Å². The molecule has 2 rings (SSSR count). The second kappa shape index (κ2) is 4.26. The van der Waals surface area contributed by atoms with Gasteiger partial charge in [-0.3, -0.25) is 4.79 Å². The smallest absolute Gasteiger partial charge is 0.181 e. The highest BCUT2D eigenvalue weighted by molar-refractivity contribution is 5.18. The first-order chi connectivity index (χ1) is 7.63. The number of rotatable bonds is 2. The number of aromatic nitrogens is 1.